The number of amides is 1. The van der Waals surface area contributed by atoms with Crippen LogP contribution in [0.3, 0.4) is 0 Å². The van der Waals surface area contributed by atoms with Crippen LogP contribution in [0, 0.1) is 5.82 Å². The topological polar surface area (TPSA) is 29.1 Å². The van der Waals surface area contributed by atoms with E-state index in [4.69, 9.17) is 23.2 Å². The van der Waals surface area contributed by atoms with Gasteiger partial charge in [0, 0.05) is 11.6 Å². The standard InChI is InChI=1S/C14H10Cl2FNO/c15-10-3-1-2-9(6-10)8-18-14(19)12-5-4-11(17)7-13(12)16/h1-7H,8H2,(H,18,19). The van der Waals surface area contributed by atoms with Gasteiger partial charge in [0.2, 0.25) is 0 Å². The molecule has 0 saturated heterocycles. The quantitative estimate of drug-likeness (QED) is 0.909. The Balaban J connectivity index is 2.05. The molecule has 1 amide bonds. The third-order valence-corrected chi connectivity index (χ3v) is 3.07. The Bertz CT molecular complexity index is 616. The van der Waals surface area contributed by atoms with Gasteiger partial charge in [0.25, 0.3) is 5.91 Å². The lowest BCUT2D eigenvalue weighted by Crippen LogP contribution is -2.23. The van der Waals surface area contributed by atoms with Gasteiger partial charge in [-0.2, -0.15) is 0 Å². The molecular formula is C14H10Cl2FNO. The summed E-state index contributed by atoms with van der Waals surface area (Å²) in [4.78, 5) is 11.9. The molecule has 0 heterocycles. The number of carbonyl (C=O) groups is 1. The lowest BCUT2D eigenvalue weighted by molar-refractivity contribution is 0.0951. The first kappa shape index (κ1) is 13.8. The van der Waals surface area contributed by atoms with Crippen molar-refractivity contribution in [2.75, 3.05) is 0 Å². The van der Waals surface area contributed by atoms with E-state index in [-0.39, 0.29) is 16.5 Å². The number of benzene rings is 2. The fourth-order valence-corrected chi connectivity index (χ4v) is 2.06. The van der Waals surface area contributed by atoms with Crippen LogP contribution in [0.15, 0.2) is 42.5 Å². The Morgan fingerprint density at radius 2 is 1.95 bits per heavy atom. The first-order valence-electron chi connectivity index (χ1n) is 5.54. The van der Waals surface area contributed by atoms with Crippen LogP contribution in [0.4, 0.5) is 4.39 Å². The molecule has 19 heavy (non-hydrogen) atoms. The van der Waals surface area contributed by atoms with Crippen LogP contribution >= 0.6 is 23.2 Å². The minimum atomic E-state index is -0.476. The monoisotopic (exact) mass is 297 g/mol. The van der Waals surface area contributed by atoms with Crippen molar-refractivity contribution >= 4 is 29.1 Å². The van der Waals surface area contributed by atoms with Crippen LogP contribution in [0.1, 0.15) is 15.9 Å². The van der Waals surface area contributed by atoms with E-state index in [1.807, 2.05) is 6.07 Å². The van der Waals surface area contributed by atoms with Crippen molar-refractivity contribution in [3.05, 3.63) is 69.5 Å². The van der Waals surface area contributed by atoms with Crippen molar-refractivity contribution in [3.8, 4) is 0 Å². The zero-order valence-corrected chi connectivity index (χ0v) is 11.3. The van der Waals surface area contributed by atoms with Crippen molar-refractivity contribution < 1.29 is 9.18 Å². The van der Waals surface area contributed by atoms with Crippen LogP contribution in [0.25, 0.3) is 0 Å². The molecule has 2 rings (SSSR count). The summed E-state index contributed by atoms with van der Waals surface area (Å²) in [7, 11) is 0. The molecule has 0 aliphatic rings. The Morgan fingerprint density at radius 3 is 2.63 bits per heavy atom. The Hall–Kier alpha value is -1.58. The van der Waals surface area contributed by atoms with Gasteiger partial charge in [0.05, 0.1) is 10.6 Å². The minimum absolute atomic E-state index is 0.0867. The van der Waals surface area contributed by atoms with Gasteiger partial charge in [0.1, 0.15) is 5.82 Å². The molecule has 5 heteroatoms. The third-order valence-electron chi connectivity index (χ3n) is 2.52. The van der Waals surface area contributed by atoms with E-state index < -0.39 is 5.82 Å². The SMILES string of the molecule is O=C(NCc1cccc(Cl)c1)c1ccc(F)cc1Cl. The maximum atomic E-state index is 12.9. The molecule has 0 saturated carbocycles. The highest BCUT2D eigenvalue weighted by molar-refractivity contribution is 6.33. The van der Waals surface area contributed by atoms with Gasteiger partial charge in [-0.25, -0.2) is 4.39 Å². The van der Waals surface area contributed by atoms with Gasteiger partial charge >= 0.3 is 0 Å². The molecule has 0 aromatic heterocycles. The molecule has 0 spiro atoms. The maximum Gasteiger partial charge on any atom is 0.253 e. The highest BCUT2D eigenvalue weighted by Crippen LogP contribution is 2.17. The molecule has 1 N–H and O–H groups in total. The van der Waals surface area contributed by atoms with E-state index in [1.54, 1.807) is 18.2 Å². The molecule has 0 radical (unpaired) electrons. The summed E-state index contributed by atoms with van der Waals surface area (Å²) >= 11 is 11.7. The van der Waals surface area contributed by atoms with Crippen LogP contribution < -0.4 is 5.32 Å². The van der Waals surface area contributed by atoms with Gasteiger partial charge in [0.15, 0.2) is 0 Å². The Morgan fingerprint density at radius 1 is 1.16 bits per heavy atom. The van der Waals surface area contributed by atoms with E-state index in [1.165, 1.54) is 12.1 Å². The van der Waals surface area contributed by atoms with Crippen LogP contribution in [0.5, 0.6) is 0 Å². The summed E-state index contributed by atoms with van der Waals surface area (Å²) in [5.74, 6) is -0.832. The average molecular weight is 298 g/mol. The third kappa shape index (κ3) is 3.69. The predicted octanol–water partition coefficient (Wildman–Crippen LogP) is 4.06. The van der Waals surface area contributed by atoms with Crippen molar-refractivity contribution in [2.24, 2.45) is 0 Å². The van der Waals surface area contributed by atoms with Gasteiger partial charge in [-0.05, 0) is 35.9 Å². The second kappa shape index (κ2) is 6.04. The Labute approximate surface area is 120 Å². The largest absolute Gasteiger partial charge is 0.348 e. The zero-order chi connectivity index (χ0) is 13.8. The normalized spacial score (nSPS) is 10.3. The number of halogens is 3. The van der Waals surface area contributed by atoms with Gasteiger partial charge in [-0.15, -0.1) is 0 Å². The molecule has 2 nitrogen and oxygen atoms in total. The fourth-order valence-electron chi connectivity index (χ4n) is 1.60. The van der Waals surface area contributed by atoms with E-state index in [0.29, 0.717) is 11.6 Å². The summed E-state index contributed by atoms with van der Waals surface area (Å²) in [6.45, 7) is 0.326. The summed E-state index contributed by atoms with van der Waals surface area (Å²) in [5.41, 5.74) is 1.11. The minimum Gasteiger partial charge on any atom is -0.348 e. The molecule has 0 fully saturated rings. The van der Waals surface area contributed by atoms with Crippen molar-refractivity contribution in [1.82, 2.24) is 5.32 Å². The molecule has 0 bridgehead atoms. The van der Waals surface area contributed by atoms with Gasteiger partial charge in [-0.3, -0.25) is 4.79 Å². The number of nitrogens with one attached hydrogen (secondary N) is 1. The molecular weight excluding hydrogens is 288 g/mol. The van der Waals surface area contributed by atoms with E-state index in [0.717, 1.165) is 11.6 Å². The number of hydrogen-bond donors (Lipinski definition) is 1. The molecule has 2 aromatic rings. The van der Waals surface area contributed by atoms with Crippen molar-refractivity contribution in [3.63, 3.8) is 0 Å². The fraction of sp³-hybridized carbons (Fsp3) is 0.0714. The summed E-state index contributed by atoms with van der Waals surface area (Å²) in [5, 5.41) is 3.39. The average Bonchev–Trinajstić information content (AvgIpc) is 2.36. The van der Waals surface area contributed by atoms with E-state index in [9.17, 15) is 9.18 Å². The lowest BCUT2D eigenvalue weighted by atomic mass is 10.2. The molecule has 0 atom stereocenters. The maximum absolute atomic E-state index is 12.9. The molecule has 2 aromatic carbocycles. The first-order chi connectivity index (χ1) is 9.06. The Kier molecular flexibility index (Phi) is 4.40. The summed E-state index contributed by atoms with van der Waals surface area (Å²) in [6, 6.07) is 10.8. The van der Waals surface area contributed by atoms with E-state index in [2.05, 4.69) is 5.32 Å². The second-order valence-electron chi connectivity index (χ2n) is 3.94. The van der Waals surface area contributed by atoms with Crippen LogP contribution in [0.2, 0.25) is 10.0 Å². The molecule has 0 aliphatic heterocycles. The van der Waals surface area contributed by atoms with Crippen LogP contribution in [-0.4, -0.2) is 5.91 Å². The van der Waals surface area contributed by atoms with Crippen LogP contribution in [-0.2, 0) is 6.54 Å². The molecule has 0 aliphatic carbocycles. The molecule has 98 valence electrons. The number of hydrogen-bond acceptors (Lipinski definition) is 1. The van der Waals surface area contributed by atoms with Gasteiger partial charge < -0.3 is 5.32 Å². The zero-order valence-electron chi connectivity index (χ0n) is 9.79. The lowest BCUT2D eigenvalue weighted by Gasteiger charge is -2.07. The summed E-state index contributed by atoms with van der Waals surface area (Å²) in [6.07, 6.45) is 0. The highest BCUT2D eigenvalue weighted by atomic mass is 35.5. The highest BCUT2D eigenvalue weighted by Gasteiger charge is 2.10. The summed E-state index contributed by atoms with van der Waals surface area (Å²) < 4.78 is 12.9. The van der Waals surface area contributed by atoms with E-state index >= 15 is 0 Å². The van der Waals surface area contributed by atoms with Gasteiger partial charge in [-0.1, -0.05) is 35.3 Å². The molecule has 0 unspecified atom stereocenters. The number of rotatable bonds is 3. The smallest absolute Gasteiger partial charge is 0.253 e. The second-order valence-corrected chi connectivity index (χ2v) is 4.78. The first-order valence-corrected chi connectivity index (χ1v) is 6.29. The number of carbonyl (C=O) groups excluding carboxylic acids is 1. The van der Waals surface area contributed by atoms with Crippen molar-refractivity contribution in [1.29, 1.82) is 0 Å². The van der Waals surface area contributed by atoms with Crippen molar-refractivity contribution in [2.45, 2.75) is 6.54 Å². The predicted molar refractivity (Wildman–Crippen MR) is 74.0 cm³/mol.